The van der Waals surface area contributed by atoms with E-state index in [-0.39, 0.29) is 52.3 Å². The highest BCUT2D eigenvalue weighted by Crippen LogP contribution is 2.51. The number of aryl methyl sites for hydroxylation is 2. The Kier molecular flexibility index (Phi) is 11.7. The molecule has 0 fully saturated rings. The lowest BCUT2D eigenvalue weighted by Crippen LogP contribution is -2.64. The van der Waals surface area contributed by atoms with Gasteiger partial charge in [0.15, 0.2) is 0 Å². The summed E-state index contributed by atoms with van der Waals surface area (Å²) in [7, 11) is 0. The molecule has 4 aliphatic rings. The Morgan fingerprint density at radius 3 is 1.60 bits per heavy atom. The van der Waals surface area contributed by atoms with Crippen LogP contribution in [-0.2, 0) is 27.1 Å². The van der Waals surface area contributed by atoms with Crippen molar-refractivity contribution in [2.24, 2.45) is 0 Å². The molecule has 3 aromatic heterocycles. The summed E-state index contributed by atoms with van der Waals surface area (Å²) in [5.74, 6) is 0.252. The van der Waals surface area contributed by atoms with Crippen molar-refractivity contribution in [2.75, 3.05) is 4.90 Å². The first-order chi connectivity index (χ1) is 41.2. The van der Waals surface area contributed by atoms with Crippen LogP contribution in [0.15, 0.2) is 139 Å². The lowest BCUT2D eigenvalue weighted by molar-refractivity contribution is 0.590. The third-order valence-electron chi connectivity index (χ3n) is 21.8. The largest absolute Gasteiger partial charge is 0.311 e. The van der Waals surface area contributed by atoms with Gasteiger partial charge >= 0.3 is 0 Å². The van der Waals surface area contributed by atoms with Gasteiger partial charge in [-0.2, -0.15) is 0 Å². The van der Waals surface area contributed by atoms with Crippen LogP contribution in [0.3, 0.4) is 0 Å². The van der Waals surface area contributed by atoms with Crippen LogP contribution in [0.4, 0.5) is 11.4 Å². The van der Waals surface area contributed by atoms with Gasteiger partial charge in [-0.15, -0.1) is 0 Å². The minimum absolute atomic E-state index is 0.0219. The van der Waals surface area contributed by atoms with Gasteiger partial charge < -0.3 is 13.9 Å². The summed E-state index contributed by atoms with van der Waals surface area (Å²) in [6.45, 7) is 56.9. The molecule has 5 heteroatoms. The summed E-state index contributed by atoms with van der Waals surface area (Å²) in [6, 6.07) is 43.5. The van der Waals surface area contributed by atoms with Gasteiger partial charge in [0.1, 0.15) is 0 Å². The quantitative estimate of drug-likeness (QED) is 0.124. The summed E-state index contributed by atoms with van der Waals surface area (Å²) < 4.78 is 5.49. The van der Waals surface area contributed by atoms with E-state index in [1.54, 1.807) is 0 Å². The molecule has 0 saturated heterocycles. The van der Waals surface area contributed by atoms with Crippen LogP contribution in [0.5, 0.6) is 0 Å². The Morgan fingerprint density at radius 1 is 0.500 bits per heavy atom. The van der Waals surface area contributed by atoms with Crippen molar-refractivity contribution in [1.82, 2.24) is 8.97 Å². The molecule has 7 heterocycles. The van der Waals surface area contributed by atoms with E-state index in [1.165, 1.54) is 182 Å². The lowest BCUT2D eigenvalue weighted by atomic mass is 9.29. The van der Waals surface area contributed by atoms with Crippen LogP contribution in [0.2, 0.25) is 0 Å². The normalized spacial score (nSPS) is 16.1. The molecule has 0 radical (unpaired) electrons. The number of allylic oxidation sites excluding steroid dienone is 4. The second-order valence-corrected chi connectivity index (χ2v) is 33.0. The van der Waals surface area contributed by atoms with Crippen molar-refractivity contribution in [3.8, 4) is 5.69 Å². The second kappa shape index (κ2) is 18.1. The highest BCUT2D eigenvalue weighted by Gasteiger charge is 2.50. The average molecular weight is 1150 g/mol. The van der Waals surface area contributed by atoms with Crippen molar-refractivity contribution >= 4 is 117 Å². The number of rotatable bonds is 5. The SMILES string of the molecule is C=C/C(C)=C(\C(C)=C/C)N1c2cc3c(cc2B2c4c1cc(C(C)(C)C)cc4-n1c4ccc(C(C)(C)C)cc4c4cc(C(C)(C)C)cc2c41)C(c1c(C)cccc1C)c1cc(C(C)C)c2c4cc(C(C)(C)C)cc5c6cc(C(C)(C)C)cc7c6n(c2c1B37)c54. The first-order valence-corrected chi connectivity index (χ1v) is 32.9. The van der Waals surface area contributed by atoms with Gasteiger partial charge in [0, 0.05) is 66.3 Å². The number of anilines is 2. The number of hydrogen-bond acceptors (Lipinski definition) is 1. The van der Waals surface area contributed by atoms with Crippen LogP contribution in [0.1, 0.15) is 212 Å². The standard InChI is InChI=1S/C83H89B2N3/c1-24-44(5)74(45(6)25-2)87-66-42-61-58(41-62(66)85-63-36-50(81(15,16)17)33-55-54-31-48(79(9,10)11)29-30-65(54)86(76(55)63)67-38-52(83(21,22)23)39-68(87)73(67)85)70(69-46(7)27-26-28-47(69)8)59-40-53(43(3)4)71-60-35-49(80(12,13)14)32-56-57-34-51(82(18,19)20)37-64-77(57)88(75(56)60)78(71)72(59)84(61)64/h24-43,70H,1H2,2-23H3/b45-25-,74-44+. The van der Waals surface area contributed by atoms with Gasteiger partial charge in [0.2, 0.25) is 6.71 Å². The van der Waals surface area contributed by atoms with Gasteiger partial charge in [-0.1, -0.05) is 190 Å². The van der Waals surface area contributed by atoms with Crippen molar-refractivity contribution in [1.29, 1.82) is 0 Å². The third kappa shape index (κ3) is 7.58. The number of hydrogen-bond donors (Lipinski definition) is 0. The van der Waals surface area contributed by atoms with E-state index in [1.807, 2.05) is 0 Å². The zero-order valence-corrected chi connectivity index (χ0v) is 56.8. The zero-order valence-electron chi connectivity index (χ0n) is 56.8. The van der Waals surface area contributed by atoms with E-state index in [0.717, 1.165) is 5.57 Å². The van der Waals surface area contributed by atoms with Crippen molar-refractivity contribution in [3.63, 3.8) is 0 Å². The molecule has 0 bridgehead atoms. The second-order valence-electron chi connectivity index (χ2n) is 33.0. The van der Waals surface area contributed by atoms with E-state index in [9.17, 15) is 0 Å². The highest BCUT2D eigenvalue weighted by molar-refractivity contribution is 7.02. The van der Waals surface area contributed by atoms with Crippen LogP contribution in [-0.4, -0.2) is 22.4 Å². The fourth-order valence-corrected chi connectivity index (χ4v) is 16.9. The maximum absolute atomic E-state index is 4.57. The fraction of sp³-hybridized carbons (Fsp3) is 0.349. The molecule has 1 atom stereocenters. The molecule has 0 saturated carbocycles. The Hall–Kier alpha value is -7.49. The third-order valence-corrected chi connectivity index (χ3v) is 21.8. The Morgan fingerprint density at radius 2 is 1.02 bits per heavy atom. The van der Waals surface area contributed by atoms with Crippen molar-refractivity contribution in [2.45, 2.75) is 191 Å². The minimum atomic E-state index is -0.165. The molecule has 442 valence electrons. The molecule has 15 rings (SSSR count). The predicted octanol–water partition coefficient (Wildman–Crippen LogP) is 18.2. The number of nitrogens with zero attached hydrogens (tertiary/aromatic N) is 3. The van der Waals surface area contributed by atoms with E-state index < -0.39 is 0 Å². The molecular formula is C83H89B2N3. The summed E-state index contributed by atoms with van der Waals surface area (Å²) in [5, 5.41) is 8.31. The Labute approximate surface area is 525 Å². The summed E-state index contributed by atoms with van der Waals surface area (Å²) in [5.41, 5.74) is 37.6. The molecule has 11 aromatic rings. The molecule has 3 nitrogen and oxygen atoms in total. The van der Waals surface area contributed by atoms with E-state index in [0.29, 0.717) is 0 Å². The van der Waals surface area contributed by atoms with Gasteiger partial charge in [-0.05, 0) is 222 Å². The number of benzene rings is 8. The van der Waals surface area contributed by atoms with Gasteiger partial charge in [0.25, 0.3) is 6.71 Å². The number of fused-ring (bicyclic) bond motifs is 12. The minimum Gasteiger partial charge on any atom is -0.311 e. The summed E-state index contributed by atoms with van der Waals surface area (Å²) in [4.78, 5) is 2.74. The molecule has 8 aromatic carbocycles. The van der Waals surface area contributed by atoms with E-state index >= 15 is 0 Å². The van der Waals surface area contributed by atoms with E-state index in [4.69, 9.17) is 0 Å². The van der Waals surface area contributed by atoms with Crippen molar-refractivity contribution in [3.05, 3.63) is 200 Å². The summed E-state index contributed by atoms with van der Waals surface area (Å²) >= 11 is 0. The molecule has 0 aliphatic carbocycles. The van der Waals surface area contributed by atoms with Crippen LogP contribution >= 0.6 is 0 Å². The molecule has 0 amide bonds. The van der Waals surface area contributed by atoms with Crippen LogP contribution in [0.25, 0.3) is 65.6 Å². The van der Waals surface area contributed by atoms with Crippen LogP contribution in [0, 0.1) is 13.8 Å². The molecule has 88 heavy (non-hydrogen) atoms. The topological polar surface area (TPSA) is 12.6 Å². The molecule has 0 N–H and O–H groups in total. The predicted molar refractivity (Wildman–Crippen MR) is 387 cm³/mol. The van der Waals surface area contributed by atoms with E-state index in [2.05, 4.69) is 288 Å². The monoisotopic (exact) mass is 1150 g/mol. The van der Waals surface area contributed by atoms with Gasteiger partial charge in [0.05, 0.1) is 22.2 Å². The highest BCUT2D eigenvalue weighted by atomic mass is 15.2. The fourth-order valence-electron chi connectivity index (χ4n) is 16.9. The maximum atomic E-state index is 4.57. The zero-order chi connectivity index (χ0) is 62.6. The smallest absolute Gasteiger partial charge is 0.252 e. The average Bonchev–Trinajstić information content (AvgIpc) is 1.40. The van der Waals surface area contributed by atoms with Crippen molar-refractivity contribution < 1.29 is 0 Å². The van der Waals surface area contributed by atoms with Crippen LogP contribution < -0.4 is 37.7 Å². The van der Waals surface area contributed by atoms with Gasteiger partial charge in [-0.25, -0.2) is 0 Å². The Balaban J connectivity index is 1.18. The summed E-state index contributed by atoms with van der Waals surface area (Å²) in [6.07, 6.45) is 4.42. The lowest BCUT2D eigenvalue weighted by Gasteiger charge is -2.45. The molecule has 4 aliphatic heterocycles. The first-order valence-electron chi connectivity index (χ1n) is 32.9. The first kappa shape index (κ1) is 57.0. The molecule has 0 spiro atoms. The van der Waals surface area contributed by atoms with Gasteiger partial charge in [-0.3, -0.25) is 0 Å². The number of aromatic nitrogens is 2. The Bertz CT molecular complexity index is 5020. The molecule has 1 unspecified atom stereocenters. The maximum Gasteiger partial charge on any atom is 0.252 e. The molecular weight excluding hydrogens is 1060 g/mol.